The van der Waals surface area contributed by atoms with E-state index in [9.17, 15) is 0 Å². The zero-order valence-electron chi connectivity index (χ0n) is 15.6. The van der Waals surface area contributed by atoms with Gasteiger partial charge in [0.2, 0.25) is 0 Å². The van der Waals surface area contributed by atoms with Crippen LogP contribution < -0.4 is 9.47 Å². The van der Waals surface area contributed by atoms with Gasteiger partial charge in [-0.15, -0.1) is 0 Å². The zero-order valence-corrected chi connectivity index (χ0v) is 15.6. The molecule has 1 fully saturated rings. The molecule has 0 saturated carbocycles. The van der Waals surface area contributed by atoms with Crippen LogP contribution in [-0.4, -0.2) is 36.2 Å². The summed E-state index contributed by atoms with van der Waals surface area (Å²) in [6.07, 6.45) is 2.08. The molecule has 1 atom stereocenters. The fourth-order valence-corrected chi connectivity index (χ4v) is 3.35. The summed E-state index contributed by atoms with van der Waals surface area (Å²) < 4.78 is 12.3. The Morgan fingerprint density at radius 1 is 1.00 bits per heavy atom. The topological polar surface area (TPSA) is 21.7 Å². The van der Waals surface area contributed by atoms with Crippen LogP contribution in [0.2, 0.25) is 0 Å². The van der Waals surface area contributed by atoms with Crippen LogP contribution in [0, 0.1) is 6.92 Å². The minimum absolute atomic E-state index is 0.0750. The highest BCUT2D eigenvalue weighted by atomic mass is 16.5. The van der Waals surface area contributed by atoms with Crippen LogP contribution in [0.15, 0.2) is 54.6 Å². The lowest BCUT2D eigenvalue weighted by molar-refractivity contribution is -0.000593. The molecule has 3 rings (SSSR count). The van der Waals surface area contributed by atoms with Gasteiger partial charge in [0, 0.05) is 19.1 Å². The molecule has 0 aromatic heterocycles. The van der Waals surface area contributed by atoms with E-state index in [4.69, 9.17) is 9.47 Å². The molecule has 1 unspecified atom stereocenters. The summed E-state index contributed by atoms with van der Waals surface area (Å²) in [7, 11) is 0. The normalized spacial score (nSPS) is 18.5. The van der Waals surface area contributed by atoms with Crippen molar-refractivity contribution in [2.24, 2.45) is 0 Å². The van der Waals surface area contributed by atoms with Crippen LogP contribution in [0.25, 0.3) is 0 Å². The van der Waals surface area contributed by atoms with Gasteiger partial charge in [-0.05, 0) is 57.4 Å². The summed E-state index contributed by atoms with van der Waals surface area (Å²) in [6, 6.07) is 18.8. The maximum Gasteiger partial charge on any atom is 0.122 e. The SMILES string of the molecule is Cc1ccccc1OCC(C)N1CCC(C)(Oc2ccccc2)CC1. The number of piperidine rings is 1. The molecule has 1 aliphatic rings. The minimum atomic E-state index is -0.0750. The average Bonchev–Trinajstić information content (AvgIpc) is 2.62. The predicted octanol–water partition coefficient (Wildman–Crippen LogP) is 4.70. The van der Waals surface area contributed by atoms with Crippen molar-refractivity contribution in [2.75, 3.05) is 19.7 Å². The van der Waals surface area contributed by atoms with Gasteiger partial charge in [0.15, 0.2) is 0 Å². The van der Waals surface area contributed by atoms with Crippen LogP contribution in [0.4, 0.5) is 0 Å². The molecule has 2 aromatic carbocycles. The molecule has 0 spiro atoms. The summed E-state index contributed by atoms with van der Waals surface area (Å²) in [6.45, 7) is 9.38. The quantitative estimate of drug-likeness (QED) is 0.762. The van der Waals surface area contributed by atoms with Gasteiger partial charge in [-0.1, -0.05) is 36.4 Å². The number of para-hydroxylation sites is 2. The second kappa shape index (κ2) is 7.92. The molecule has 134 valence electrons. The number of benzene rings is 2. The first kappa shape index (κ1) is 17.8. The van der Waals surface area contributed by atoms with Crippen LogP contribution in [0.3, 0.4) is 0 Å². The van der Waals surface area contributed by atoms with Crippen molar-refractivity contribution in [2.45, 2.75) is 45.3 Å². The summed E-state index contributed by atoms with van der Waals surface area (Å²) >= 11 is 0. The van der Waals surface area contributed by atoms with Gasteiger partial charge in [0.1, 0.15) is 23.7 Å². The van der Waals surface area contributed by atoms with E-state index >= 15 is 0 Å². The number of hydrogen-bond acceptors (Lipinski definition) is 3. The second-order valence-corrected chi connectivity index (χ2v) is 7.33. The van der Waals surface area contributed by atoms with Gasteiger partial charge >= 0.3 is 0 Å². The largest absolute Gasteiger partial charge is 0.492 e. The number of aryl methyl sites for hydroxylation is 1. The first-order chi connectivity index (χ1) is 12.1. The van der Waals surface area contributed by atoms with Gasteiger partial charge in [-0.3, -0.25) is 4.90 Å². The Morgan fingerprint density at radius 3 is 2.32 bits per heavy atom. The average molecular weight is 339 g/mol. The van der Waals surface area contributed by atoms with E-state index in [0.29, 0.717) is 6.04 Å². The van der Waals surface area contributed by atoms with Gasteiger partial charge in [-0.2, -0.15) is 0 Å². The van der Waals surface area contributed by atoms with E-state index in [0.717, 1.165) is 44.0 Å². The molecule has 25 heavy (non-hydrogen) atoms. The van der Waals surface area contributed by atoms with Crippen molar-refractivity contribution in [1.29, 1.82) is 0 Å². The Balaban J connectivity index is 1.49. The molecule has 2 aromatic rings. The summed E-state index contributed by atoms with van der Waals surface area (Å²) in [5.74, 6) is 1.96. The zero-order chi connectivity index (χ0) is 17.7. The number of rotatable bonds is 6. The molecule has 3 heteroatoms. The Bertz CT molecular complexity index is 663. The number of nitrogens with zero attached hydrogens (tertiary/aromatic N) is 1. The van der Waals surface area contributed by atoms with Crippen molar-refractivity contribution in [1.82, 2.24) is 4.90 Å². The molecule has 0 radical (unpaired) electrons. The van der Waals surface area contributed by atoms with Gasteiger partial charge in [0.05, 0.1) is 0 Å². The summed E-state index contributed by atoms with van der Waals surface area (Å²) in [4.78, 5) is 2.51. The summed E-state index contributed by atoms with van der Waals surface area (Å²) in [5.41, 5.74) is 1.12. The number of likely N-dealkylation sites (tertiary alicyclic amines) is 1. The molecule has 1 aliphatic heterocycles. The molecule has 3 nitrogen and oxygen atoms in total. The van der Waals surface area contributed by atoms with E-state index in [-0.39, 0.29) is 5.60 Å². The fourth-order valence-electron chi connectivity index (χ4n) is 3.35. The molecule has 0 bridgehead atoms. The van der Waals surface area contributed by atoms with Crippen LogP contribution in [0.5, 0.6) is 11.5 Å². The van der Waals surface area contributed by atoms with E-state index in [1.54, 1.807) is 0 Å². The van der Waals surface area contributed by atoms with Crippen molar-refractivity contribution in [3.63, 3.8) is 0 Å². The molecule has 0 amide bonds. The molecule has 0 N–H and O–H groups in total. The third-order valence-corrected chi connectivity index (χ3v) is 5.16. The molecule has 1 heterocycles. The first-order valence-electron chi connectivity index (χ1n) is 9.22. The predicted molar refractivity (Wildman–Crippen MR) is 102 cm³/mol. The smallest absolute Gasteiger partial charge is 0.122 e. The number of ether oxygens (including phenoxy) is 2. The Morgan fingerprint density at radius 2 is 1.64 bits per heavy atom. The Hall–Kier alpha value is -2.00. The standard InChI is InChI=1S/C22H29NO2/c1-18-9-7-8-12-21(18)24-17-19(2)23-15-13-22(3,14-16-23)25-20-10-5-4-6-11-20/h4-12,19H,13-17H2,1-3H3. The third kappa shape index (κ3) is 4.76. The molecular formula is C22H29NO2. The van der Waals surface area contributed by atoms with Gasteiger partial charge in [0.25, 0.3) is 0 Å². The van der Waals surface area contributed by atoms with Crippen molar-refractivity contribution in [3.8, 4) is 11.5 Å². The lowest BCUT2D eigenvalue weighted by atomic mass is 9.92. The van der Waals surface area contributed by atoms with E-state index in [1.807, 2.05) is 48.5 Å². The Kier molecular flexibility index (Phi) is 5.64. The lowest BCUT2D eigenvalue weighted by Crippen LogP contribution is -2.50. The Labute approximate surface area is 151 Å². The molecular weight excluding hydrogens is 310 g/mol. The van der Waals surface area contributed by atoms with Gasteiger partial charge in [-0.25, -0.2) is 0 Å². The van der Waals surface area contributed by atoms with Crippen molar-refractivity contribution < 1.29 is 9.47 Å². The second-order valence-electron chi connectivity index (χ2n) is 7.33. The first-order valence-corrected chi connectivity index (χ1v) is 9.22. The highest BCUT2D eigenvalue weighted by Crippen LogP contribution is 2.29. The van der Waals surface area contributed by atoms with Crippen molar-refractivity contribution >= 4 is 0 Å². The van der Waals surface area contributed by atoms with E-state index in [1.165, 1.54) is 5.56 Å². The number of hydrogen-bond donors (Lipinski definition) is 0. The van der Waals surface area contributed by atoms with Gasteiger partial charge < -0.3 is 9.47 Å². The highest BCUT2D eigenvalue weighted by molar-refractivity contribution is 5.31. The van der Waals surface area contributed by atoms with Crippen LogP contribution in [0.1, 0.15) is 32.3 Å². The molecule has 1 saturated heterocycles. The van der Waals surface area contributed by atoms with Crippen LogP contribution in [-0.2, 0) is 0 Å². The monoisotopic (exact) mass is 339 g/mol. The van der Waals surface area contributed by atoms with Crippen LogP contribution >= 0.6 is 0 Å². The maximum atomic E-state index is 6.26. The van der Waals surface area contributed by atoms with E-state index < -0.39 is 0 Å². The van der Waals surface area contributed by atoms with E-state index in [2.05, 4.69) is 31.7 Å². The third-order valence-electron chi connectivity index (χ3n) is 5.16. The van der Waals surface area contributed by atoms with Crippen molar-refractivity contribution in [3.05, 3.63) is 60.2 Å². The molecule has 0 aliphatic carbocycles. The fraction of sp³-hybridized carbons (Fsp3) is 0.455. The summed E-state index contributed by atoms with van der Waals surface area (Å²) in [5, 5.41) is 0. The lowest BCUT2D eigenvalue weighted by Gasteiger charge is -2.41. The maximum absolute atomic E-state index is 6.26. The minimum Gasteiger partial charge on any atom is -0.492 e. The highest BCUT2D eigenvalue weighted by Gasteiger charge is 2.33.